The number of aliphatic hydroxyl groups is 1. The van der Waals surface area contributed by atoms with Crippen molar-refractivity contribution < 1.29 is 28.5 Å². The van der Waals surface area contributed by atoms with Crippen LogP contribution < -0.4 is 0 Å². The Balaban J connectivity index is 2.01. The second-order valence-corrected chi connectivity index (χ2v) is 9.55. The van der Waals surface area contributed by atoms with Crippen molar-refractivity contribution in [1.82, 2.24) is 4.98 Å². The highest BCUT2D eigenvalue weighted by Gasteiger charge is 2.23. The lowest BCUT2D eigenvalue weighted by Crippen LogP contribution is -2.15. The van der Waals surface area contributed by atoms with E-state index in [1.807, 2.05) is 13.8 Å². The lowest BCUT2D eigenvalue weighted by atomic mass is 9.84. The van der Waals surface area contributed by atoms with Gasteiger partial charge >= 0.3 is 5.97 Å². The van der Waals surface area contributed by atoms with Crippen LogP contribution in [0.25, 0.3) is 11.1 Å². The topological polar surface area (TPSA) is 96.7 Å². The molecule has 0 amide bonds. The summed E-state index contributed by atoms with van der Waals surface area (Å²) >= 11 is 0. The van der Waals surface area contributed by atoms with Gasteiger partial charge in [-0.25, -0.2) is 4.39 Å². The van der Waals surface area contributed by atoms with Crippen molar-refractivity contribution in [1.29, 1.82) is 0 Å². The summed E-state index contributed by atoms with van der Waals surface area (Å²) in [6, 6.07) is 6.27. The number of fused-ring (bicyclic) bond motifs is 1. The highest BCUT2D eigenvalue weighted by molar-refractivity contribution is 7.39. The van der Waals surface area contributed by atoms with Crippen LogP contribution in [0.15, 0.2) is 24.3 Å². The first-order chi connectivity index (χ1) is 15.3. The molecular weight excluding hydrogens is 432 g/mol. The fourth-order valence-corrected chi connectivity index (χ4v) is 4.66. The number of aryl methyl sites for hydroxylation is 1. The summed E-state index contributed by atoms with van der Waals surface area (Å²) in [5.74, 6) is 1.54. The summed E-state index contributed by atoms with van der Waals surface area (Å²) < 4.78 is 30.8. The van der Waals surface area contributed by atoms with E-state index in [1.54, 1.807) is 12.1 Å². The number of hydrogen-bond acceptors (Lipinski definition) is 5. The zero-order valence-electron chi connectivity index (χ0n) is 18.2. The predicted octanol–water partition coefficient (Wildman–Crippen LogP) is 4.53. The molecule has 32 heavy (non-hydrogen) atoms. The fourth-order valence-electron chi connectivity index (χ4n) is 3.88. The van der Waals surface area contributed by atoms with Crippen molar-refractivity contribution in [2.24, 2.45) is 0 Å². The molecule has 0 fully saturated rings. The van der Waals surface area contributed by atoms with E-state index in [-0.39, 0.29) is 17.9 Å². The molecule has 0 spiro atoms. The molecule has 0 aliphatic heterocycles. The van der Waals surface area contributed by atoms with Crippen molar-refractivity contribution in [3.8, 4) is 23.2 Å². The average Bonchev–Trinajstić information content (AvgIpc) is 2.73. The molecule has 0 bridgehead atoms. The molecular formula is C24H27FNO5P. The molecule has 1 aromatic carbocycles. The molecule has 6 nitrogen and oxygen atoms in total. The van der Waals surface area contributed by atoms with Crippen LogP contribution in [0, 0.1) is 17.8 Å². The van der Waals surface area contributed by atoms with Gasteiger partial charge in [-0.2, -0.15) is 0 Å². The summed E-state index contributed by atoms with van der Waals surface area (Å²) in [5.41, 5.74) is 5.33. The average molecular weight is 459 g/mol. The number of rotatable bonds is 7. The Bertz CT molecular complexity index is 1070. The molecule has 1 aliphatic rings. The third-order valence-electron chi connectivity index (χ3n) is 5.34. The lowest BCUT2D eigenvalue weighted by molar-refractivity contribution is -0.138. The lowest BCUT2D eigenvalue weighted by Gasteiger charge is -2.23. The number of pyridine rings is 1. The van der Waals surface area contributed by atoms with Crippen molar-refractivity contribution in [3.05, 3.63) is 52.6 Å². The Morgan fingerprint density at radius 3 is 2.59 bits per heavy atom. The van der Waals surface area contributed by atoms with Crippen LogP contribution in [0.4, 0.5) is 4.39 Å². The van der Waals surface area contributed by atoms with Gasteiger partial charge in [-0.15, -0.1) is 0 Å². The van der Waals surface area contributed by atoms with Crippen molar-refractivity contribution >= 4 is 14.0 Å². The quantitative estimate of drug-likeness (QED) is 0.467. The second kappa shape index (κ2) is 10.8. The van der Waals surface area contributed by atoms with E-state index in [9.17, 15) is 18.9 Å². The van der Waals surface area contributed by atoms with Crippen molar-refractivity contribution in [2.45, 2.75) is 58.0 Å². The number of aliphatic carboxylic acids is 1. The first-order valence-electron chi connectivity index (χ1n) is 10.7. The highest BCUT2D eigenvalue weighted by Crippen LogP contribution is 2.37. The minimum Gasteiger partial charge on any atom is -0.481 e. The number of carboxylic acids is 1. The molecule has 170 valence electrons. The van der Waals surface area contributed by atoms with E-state index in [1.165, 1.54) is 12.1 Å². The van der Waals surface area contributed by atoms with Gasteiger partial charge in [0.2, 0.25) is 8.03 Å². The molecule has 2 N–H and O–H groups in total. The van der Waals surface area contributed by atoms with Crippen LogP contribution in [0.5, 0.6) is 0 Å². The van der Waals surface area contributed by atoms with E-state index in [0.717, 1.165) is 53.8 Å². The van der Waals surface area contributed by atoms with Gasteiger partial charge in [0.15, 0.2) is 0 Å². The molecule has 1 heterocycles. The molecule has 2 aromatic rings. The largest absolute Gasteiger partial charge is 0.481 e. The van der Waals surface area contributed by atoms with Gasteiger partial charge in [-0.3, -0.25) is 14.3 Å². The molecule has 0 radical (unpaired) electrons. The molecule has 8 heteroatoms. The summed E-state index contributed by atoms with van der Waals surface area (Å²) in [6.45, 7) is 4.03. The SMILES string of the molecule is CC(C)c1nc2c(c(-c3ccc(F)cc3)c1C#CO[PH](=O)C[C@@H](O)CC(=O)O)CCCC2. The van der Waals surface area contributed by atoms with Crippen LogP contribution in [-0.2, 0) is 26.7 Å². The van der Waals surface area contributed by atoms with E-state index >= 15 is 0 Å². The van der Waals surface area contributed by atoms with Crippen LogP contribution >= 0.6 is 8.03 Å². The van der Waals surface area contributed by atoms with Gasteiger partial charge in [0.1, 0.15) is 11.9 Å². The number of aliphatic hydroxyl groups excluding tert-OH is 1. The van der Waals surface area contributed by atoms with Gasteiger partial charge in [-0.05, 0) is 60.8 Å². The molecule has 0 saturated carbocycles. The van der Waals surface area contributed by atoms with Gasteiger partial charge in [0.25, 0.3) is 0 Å². The van der Waals surface area contributed by atoms with Crippen molar-refractivity contribution in [3.63, 3.8) is 0 Å². The minimum absolute atomic E-state index is 0.0696. The summed E-state index contributed by atoms with van der Waals surface area (Å²) in [4.78, 5) is 15.5. The third kappa shape index (κ3) is 5.97. The Morgan fingerprint density at radius 1 is 1.25 bits per heavy atom. The summed E-state index contributed by atoms with van der Waals surface area (Å²) in [5, 5.41) is 18.4. The molecule has 2 atom stereocenters. The number of hydrogen-bond donors (Lipinski definition) is 2. The first kappa shape index (κ1) is 24.0. The molecule has 3 rings (SSSR count). The molecule has 1 aromatic heterocycles. The molecule has 1 aliphatic carbocycles. The Labute approximate surface area is 187 Å². The van der Waals surface area contributed by atoms with Crippen LogP contribution in [0.1, 0.15) is 61.5 Å². The van der Waals surface area contributed by atoms with Crippen molar-refractivity contribution in [2.75, 3.05) is 6.16 Å². The number of benzene rings is 1. The molecule has 0 saturated heterocycles. The Hall–Kier alpha value is -2.68. The standard InChI is InChI=1S/C24H27FNO5P/c1-15(2)24-20(11-12-31-32(30)14-18(27)13-22(28)29)23(16-7-9-17(25)10-8-16)19-5-3-4-6-21(19)26-24/h7-10,15,18,27,32H,3-6,13-14H2,1-2H3,(H,28,29)/t18-/m0/s1. The minimum atomic E-state index is -2.74. The predicted molar refractivity (Wildman–Crippen MR) is 120 cm³/mol. The second-order valence-electron chi connectivity index (χ2n) is 8.20. The number of aromatic nitrogens is 1. The monoisotopic (exact) mass is 459 g/mol. The normalized spacial score (nSPS) is 14.8. The fraction of sp³-hybridized carbons (Fsp3) is 0.417. The van der Waals surface area contributed by atoms with Gasteiger partial charge in [-0.1, -0.05) is 26.0 Å². The Kier molecular flexibility index (Phi) is 8.06. The summed E-state index contributed by atoms with van der Waals surface area (Å²) in [7, 11) is -2.74. The van der Waals surface area contributed by atoms with Gasteiger partial charge in [0.05, 0.1) is 29.9 Å². The number of carbonyl (C=O) groups is 1. The maximum Gasteiger partial charge on any atom is 0.305 e. The number of carboxylic acid groups (broad SMARTS) is 1. The molecule has 1 unspecified atom stereocenters. The number of halogens is 1. The summed E-state index contributed by atoms with van der Waals surface area (Å²) in [6.07, 6.45) is 4.27. The highest BCUT2D eigenvalue weighted by atomic mass is 31.1. The number of nitrogens with zero attached hydrogens (tertiary/aromatic N) is 1. The first-order valence-corrected chi connectivity index (χ1v) is 12.2. The van der Waals surface area contributed by atoms with Crippen LogP contribution in [-0.4, -0.2) is 33.4 Å². The van der Waals surface area contributed by atoms with Gasteiger partial charge < -0.3 is 14.7 Å². The maximum absolute atomic E-state index is 13.6. The zero-order valence-corrected chi connectivity index (χ0v) is 19.2. The van der Waals surface area contributed by atoms with E-state index in [2.05, 4.69) is 12.0 Å². The maximum atomic E-state index is 13.6. The zero-order chi connectivity index (χ0) is 23.3. The van der Waals surface area contributed by atoms with E-state index < -0.39 is 26.5 Å². The third-order valence-corrected chi connectivity index (χ3v) is 6.47. The Morgan fingerprint density at radius 2 is 1.94 bits per heavy atom. The van der Waals surface area contributed by atoms with Gasteiger partial charge in [0, 0.05) is 11.3 Å². The van der Waals surface area contributed by atoms with Crippen LogP contribution in [0.2, 0.25) is 0 Å². The van der Waals surface area contributed by atoms with E-state index in [0.29, 0.717) is 5.56 Å². The smallest absolute Gasteiger partial charge is 0.305 e. The van der Waals surface area contributed by atoms with Crippen LogP contribution in [0.3, 0.4) is 0 Å². The van der Waals surface area contributed by atoms with E-state index in [4.69, 9.17) is 14.6 Å².